The molecule has 0 amide bonds. The number of hydrogen-bond acceptors (Lipinski definition) is 2. The summed E-state index contributed by atoms with van der Waals surface area (Å²) in [5.74, 6) is 2.30. The second-order valence-electron chi connectivity index (χ2n) is 2.50. The van der Waals surface area contributed by atoms with Gasteiger partial charge in [0.15, 0.2) is 0 Å². The fraction of sp³-hybridized carbons (Fsp3) is 0.714. The predicted octanol–water partition coefficient (Wildman–Crippen LogP) is 0.569. The van der Waals surface area contributed by atoms with Gasteiger partial charge in [-0.2, -0.15) is 11.8 Å². The Morgan fingerprint density at radius 3 is 3.10 bits per heavy atom. The molecule has 3 heteroatoms. The molecule has 2 nitrogen and oxygen atoms in total. The third kappa shape index (κ3) is 2.62. The van der Waals surface area contributed by atoms with Gasteiger partial charge in [-0.1, -0.05) is 6.58 Å². The fourth-order valence-electron chi connectivity index (χ4n) is 0.998. The molecule has 1 heterocycles. The van der Waals surface area contributed by atoms with Gasteiger partial charge in [-0.15, -0.1) is 0 Å². The lowest BCUT2D eigenvalue weighted by atomic mass is 10.2. The summed E-state index contributed by atoms with van der Waals surface area (Å²) in [7, 11) is 0. The summed E-state index contributed by atoms with van der Waals surface area (Å²) in [6, 6.07) is 0.441. The molecule has 1 fully saturated rings. The predicted molar refractivity (Wildman–Crippen MR) is 46.1 cm³/mol. The van der Waals surface area contributed by atoms with Crippen LogP contribution < -0.4 is 11.1 Å². The van der Waals surface area contributed by atoms with E-state index in [9.17, 15) is 0 Å². The maximum atomic E-state index is 5.46. The largest absolute Gasteiger partial charge is 0.402 e. The zero-order valence-electron chi connectivity index (χ0n) is 6.05. The van der Waals surface area contributed by atoms with Crippen molar-refractivity contribution >= 4 is 11.8 Å². The van der Waals surface area contributed by atoms with Crippen molar-refractivity contribution in [3.05, 3.63) is 12.3 Å². The summed E-state index contributed by atoms with van der Waals surface area (Å²) < 4.78 is 0. The topological polar surface area (TPSA) is 40.1 Å². The van der Waals surface area contributed by atoms with Crippen LogP contribution in [0.25, 0.3) is 0 Å². The Hall–Kier alpha value is -0.150. The zero-order valence-corrected chi connectivity index (χ0v) is 6.86. The highest BCUT2D eigenvalue weighted by Gasteiger charge is 2.13. The second-order valence-corrected chi connectivity index (χ2v) is 3.65. The summed E-state index contributed by atoms with van der Waals surface area (Å²) >= 11 is 1.95. The van der Waals surface area contributed by atoms with Crippen molar-refractivity contribution in [3.63, 3.8) is 0 Å². The molecule has 1 atom stereocenters. The average Bonchev–Trinajstić information content (AvgIpc) is 1.88. The summed E-state index contributed by atoms with van der Waals surface area (Å²) in [6.45, 7) is 4.65. The Balaban J connectivity index is 2.19. The van der Waals surface area contributed by atoms with Gasteiger partial charge in [-0.05, 0) is 0 Å². The standard InChI is InChI=1S/C7H13N2S/c1-6(8)4-7-5-10-3-2-9-7/h7H,1-5,8H2. The average molecular weight is 157 g/mol. The van der Waals surface area contributed by atoms with E-state index in [2.05, 4.69) is 11.9 Å². The first-order chi connectivity index (χ1) is 4.79. The maximum absolute atomic E-state index is 5.46. The normalized spacial score (nSPS) is 26.2. The number of rotatable bonds is 2. The number of thioether (sulfide) groups is 1. The smallest absolute Gasteiger partial charge is 0.0391 e. The van der Waals surface area contributed by atoms with Crippen LogP contribution in [0.5, 0.6) is 0 Å². The maximum Gasteiger partial charge on any atom is 0.0391 e. The highest BCUT2D eigenvalue weighted by Crippen LogP contribution is 2.12. The Morgan fingerprint density at radius 2 is 2.60 bits per heavy atom. The van der Waals surface area contributed by atoms with Crippen molar-refractivity contribution in [3.8, 4) is 0 Å². The lowest BCUT2D eigenvalue weighted by Crippen LogP contribution is -2.32. The first-order valence-electron chi connectivity index (χ1n) is 3.46. The van der Waals surface area contributed by atoms with Gasteiger partial charge in [-0.25, -0.2) is 5.32 Å². The Morgan fingerprint density at radius 1 is 1.80 bits per heavy atom. The van der Waals surface area contributed by atoms with E-state index in [1.165, 1.54) is 5.75 Å². The molecular formula is C7H13N2S. The monoisotopic (exact) mass is 157 g/mol. The Labute approximate surface area is 66.2 Å². The van der Waals surface area contributed by atoms with Crippen LogP contribution in [0.1, 0.15) is 6.42 Å². The van der Waals surface area contributed by atoms with E-state index in [1.807, 2.05) is 11.8 Å². The molecule has 1 radical (unpaired) electrons. The van der Waals surface area contributed by atoms with Gasteiger partial charge in [-0.3, -0.25) is 0 Å². The molecule has 0 aliphatic carbocycles. The van der Waals surface area contributed by atoms with E-state index < -0.39 is 0 Å². The lowest BCUT2D eigenvalue weighted by Gasteiger charge is -2.20. The zero-order chi connectivity index (χ0) is 7.40. The van der Waals surface area contributed by atoms with Crippen LogP contribution in [-0.4, -0.2) is 24.1 Å². The van der Waals surface area contributed by atoms with Gasteiger partial charge in [0, 0.05) is 36.2 Å². The third-order valence-corrected chi connectivity index (χ3v) is 2.52. The number of nitrogens with zero attached hydrogens (tertiary/aromatic N) is 1. The molecule has 0 spiro atoms. The molecule has 1 rings (SSSR count). The molecule has 57 valence electrons. The molecule has 1 saturated heterocycles. The van der Waals surface area contributed by atoms with E-state index >= 15 is 0 Å². The Bertz CT molecular complexity index is 119. The summed E-state index contributed by atoms with van der Waals surface area (Å²) in [5, 5.41) is 4.41. The van der Waals surface area contributed by atoms with E-state index in [4.69, 9.17) is 5.73 Å². The molecule has 0 saturated carbocycles. The van der Waals surface area contributed by atoms with Crippen molar-refractivity contribution < 1.29 is 0 Å². The molecule has 1 aliphatic heterocycles. The summed E-state index contributed by atoms with van der Waals surface area (Å²) in [6.07, 6.45) is 0.868. The van der Waals surface area contributed by atoms with Crippen molar-refractivity contribution in [2.75, 3.05) is 18.1 Å². The minimum absolute atomic E-state index is 0.441. The van der Waals surface area contributed by atoms with Gasteiger partial charge < -0.3 is 5.73 Å². The van der Waals surface area contributed by atoms with Gasteiger partial charge >= 0.3 is 0 Å². The third-order valence-electron chi connectivity index (χ3n) is 1.43. The highest BCUT2D eigenvalue weighted by molar-refractivity contribution is 7.99. The van der Waals surface area contributed by atoms with E-state index in [0.717, 1.165) is 24.4 Å². The van der Waals surface area contributed by atoms with Crippen LogP contribution in [0.15, 0.2) is 12.3 Å². The first kappa shape index (κ1) is 7.95. The molecule has 1 aliphatic rings. The molecule has 0 aromatic heterocycles. The quantitative estimate of drug-likeness (QED) is 0.636. The number of nitrogens with two attached hydrogens (primary N) is 1. The molecule has 2 N–H and O–H groups in total. The van der Waals surface area contributed by atoms with Crippen LogP contribution in [0, 0.1) is 0 Å². The molecular weight excluding hydrogens is 144 g/mol. The highest BCUT2D eigenvalue weighted by atomic mass is 32.2. The van der Waals surface area contributed by atoms with Gasteiger partial charge in [0.2, 0.25) is 0 Å². The van der Waals surface area contributed by atoms with Gasteiger partial charge in [0.05, 0.1) is 0 Å². The van der Waals surface area contributed by atoms with E-state index in [0.29, 0.717) is 6.04 Å². The van der Waals surface area contributed by atoms with Crippen LogP contribution in [0.4, 0.5) is 0 Å². The first-order valence-corrected chi connectivity index (χ1v) is 4.62. The summed E-state index contributed by atoms with van der Waals surface area (Å²) in [4.78, 5) is 0. The lowest BCUT2D eigenvalue weighted by molar-refractivity contribution is 0.548. The van der Waals surface area contributed by atoms with E-state index in [-0.39, 0.29) is 0 Å². The fourth-order valence-corrected chi connectivity index (χ4v) is 1.89. The SMILES string of the molecule is C=C(N)CC1CSCC[N]1. The van der Waals surface area contributed by atoms with Crippen LogP contribution in [-0.2, 0) is 0 Å². The van der Waals surface area contributed by atoms with Crippen molar-refractivity contribution in [2.45, 2.75) is 12.5 Å². The molecule has 0 aromatic carbocycles. The minimum atomic E-state index is 0.441. The summed E-state index contributed by atoms with van der Waals surface area (Å²) in [5.41, 5.74) is 6.22. The minimum Gasteiger partial charge on any atom is -0.402 e. The molecule has 0 bridgehead atoms. The van der Waals surface area contributed by atoms with E-state index in [1.54, 1.807) is 0 Å². The van der Waals surface area contributed by atoms with Crippen molar-refractivity contribution in [2.24, 2.45) is 5.73 Å². The Kier molecular flexibility index (Phi) is 3.09. The molecule has 0 aromatic rings. The van der Waals surface area contributed by atoms with Crippen LogP contribution in [0.3, 0.4) is 0 Å². The molecule has 1 unspecified atom stereocenters. The van der Waals surface area contributed by atoms with Crippen LogP contribution >= 0.6 is 11.8 Å². The van der Waals surface area contributed by atoms with Crippen LogP contribution in [0.2, 0.25) is 0 Å². The van der Waals surface area contributed by atoms with Gasteiger partial charge in [0.1, 0.15) is 0 Å². The van der Waals surface area contributed by atoms with Gasteiger partial charge in [0.25, 0.3) is 0 Å². The van der Waals surface area contributed by atoms with Crippen molar-refractivity contribution in [1.82, 2.24) is 5.32 Å². The van der Waals surface area contributed by atoms with Crippen molar-refractivity contribution in [1.29, 1.82) is 0 Å². The second kappa shape index (κ2) is 3.88. The molecule has 10 heavy (non-hydrogen) atoms. The number of hydrogen-bond donors (Lipinski definition) is 1.